The van der Waals surface area contributed by atoms with Crippen molar-refractivity contribution in [2.45, 2.75) is 17.9 Å². The molecule has 3 rings (SSSR count). The van der Waals surface area contributed by atoms with Gasteiger partial charge in [0.05, 0.1) is 16.4 Å². The number of hydrogen-bond donors (Lipinski definition) is 1. The number of nitrogens with zero attached hydrogens (tertiary/aromatic N) is 2. The minimum Gasteiger partial charge on any atom is -0.306 e. The van der Waals surface area contributed by atoms with Crippen LogP contribution in [0.15, 0.2) is 66.1 Å². The molecule has 0 aliphatic carbocycles. The molecule has 3 aromatic rings. The Morgan fingerprint density at radius 3 is 2.28 bits per heavy atom. The van der Waals surface area contributed by atoms with Gasteiger partial charge < -0.3 is 4.57 Å². The highest BCUT2D eigenvalue weighted by molar-refractivity contribution is 7.89. The number of hydrogen-bond acceptors (Lipinski definition) is 3. The summed E-state index contributed by atoms with van der Waals surface area (Å²) in [4.78, 5) is 3.89. The summed E-state index contributed by atoms with van der Waals surface area (Å²) in [5.74, 6) is 0. The predicted octanol–water partition coefficient (Wildman–Crippen LogP) is 4.22. The van der Waals surface area contributed by atoms with Crippen LogP contribution in [0, 0.1) is 0 Å². The van der Waals surface area contributed by atoms with E-state index in [-0.39, 0.29) is 14.9 Å². The van der Waals surface area contributed by atoms with Gasteiger partial charge in [-0.3, -0.25) is 0 Å². The molecule has 0 radical (unpaired) electrons. The lowest BCUT2D eigenvalue weighted by Crippen LogP contribution is -2.27. The van der Waals surface area contributed by atoms with Crippen LogP contribution in [0.4, 0.5) is 0 Å². The van der Waals surface area contributed by atoms with E-state index in [0.717, 1.165) is 11.3 Å². The largest absolute Gasteiger partial charge is 0.306 e. The summed E-state index contributed by atoms with van der Waals surface area (Å²) < 4.78 is 29.7. The van der Waals surface area contributed by atoms with Crippen LogP contribution in [0.3, 0.4) is 0 Å². The Labute approximate surface area is 156 Å². The first-order valence-corrected chi connectivity index (χ1v) is 9.67. The number of halogens is 2. The van der Waals surface area contributed by atoms with Crippen molar-refractivity contribution in [1.82, 2.24) is 14.3 Å². The van der Waals surface area contributed by atoms with Crippen LogP contribution in [0.25, 0.3) is 5.69 Å². The second-order valence-electron chi connectivity index (χ2n) is 5.46. The van der Waals surface area contributed by atoms with Crippen molar-refractivity contribution in [2.24, 2.45) is 0 Å². The Bertz CT molecular complexity index is 951. The molecule has 8 heteroatoms. The molecule has 0 spiro atoms. The van der Waals surface area contributed by atoms with E-state index in [2.05, 4.69) is 9.71 Å². The standard InChI is InChI=1S/C17H15Cl2N3O2S/c1-12(13-5-7-14(8-6-13)22-10-9-20-11-22)21-25(23,24)17-15(18)3-2-4-16(17)19/h2-12,21H,1H3. The molecule has 1 aromatic heterocycles. The highest BCUT2D eigenvalue weighted by atomic mass is 35.5. The smallest absolute Gasteiger partial charge is 0.244 e. The van der Waals surface area contributed by atoms with Crippen LogP contribution in [0.2, 0.25) is 10.0 Å². The zero-order valence-electron chi connectivity index (χ0n) is 13.2. The molecule has 0 fully saturated rings. The monoisotopic (exact) mass is 395 g/mol. The SMILES string of the molecule is CC(NS(=O)(=O)c1c(Cl)cccc1Cl)c1ccc(-n2ccnc2)cc1. The lowest BCUT2D eigenvalue weighted by atomic mass is 10.1. The molecule has 130 valence electrons. The average molecular weight is 396 g/mol. The Hall–Kier alpha value is -1.86. The van der Waals surface area contributed by atoms with E-state index in [1.165, 1.54) is 12.1 Å². The first kappa shape index (κ1) is 17.9. The number of aromatic nitrogens is 2. The Balaban J connectivity index is 1.83. The van der Waals surface area contributed by atoms with E-state index in [1.54, 1.807) is 25.5 Å². The summed E-state index contributed by atoms with van der Waals surface area (Å²) >= 11 is 12.0. The molecule has 0 aliphatic rings. The highest BCUT2D eigenvalue weighted by Crippen LogP contribution is 2.30. The molecular formula is C17H15Cl2N3O2S. The molecular weight excluding hydrogens is 381 g/mol. The second kappa shape index (κ2) is 7.17. The van der Waals surface area contributed by atoms with Gasteiger partial charge in [0, 0.05) is 24.1 Å². The molecule has 1 heterocycles. The minimum absolute atomic E-state index is 0.0858. The molecule has 5 nitrogen and oxygen atoms in total. The molecule has 1 N–H and O–H groups in total. The molecule has 0 aliphatic heterocycles. The molecule has 0 bridgehead atoms. The van der Waals surface area contributed by atoms with Crippen LogP contribution in [0.1, 0.15) is 18.5 Å². The maximum absolute atomic E-state index is 12.6. The van der Waals surface area contributed by atoms with Crippen molar-refractivity contribution >= 4 is 33.2 Å². The summed E-state index contributed by atoms with van der Waals surface area (Å²) in [6, 6.07) is 11.6. The molecule has 2 aromatic carbocycles. The summed E-state index contributed by atoms with van der Waals surface area (Å²) in [7, 11) is -3.85. The molecule has 0 saturated carbocycles. The summed E-state index contributed by atoms with van der Waals surface area (Å²) in [5, 5.41) is 0.172. The van der Waals surface area contributed by atoms with Crippen LogP contribution < -0.4 is 4.72 Å². The van der Waals surface area contributed by atoms with E-state index < -0.39 is 16.1 Å². The first-order valence-electron chi connectivity index (χ1n) is 7.43. The van der Waals surface area contributed by atoms with Gasteiger partial charge in [-0.15, -0.1) is 0 Å². The number of nitrogens with one attached hydrogen (secondary N) is 1. The first-order chi connectivity index (χ1) is 11.9. The van der Waals surface area contributed by atoms with Crippen molar-refractivity contribution in [3.8, 4) is 5.69 Å². The number of sulfonamides is 1. The fourth-order valence-electron chi connectivity index (χ4n) is 2.45. The van der Waals surface area contributed by atoms with Crippen molar-refractivity contribution in [2.75, 3.05) is 0 Å². The third-order valence-electron chi connectivity index (χ3n) is 3.72. The Morgan fingerprint density at radius 1 is 1.08 bits per heavy atom. The fraction of sp³-hybridized carbons (Fsp3) is 0.118. The topological polar surface area (TPSA) is 64.0 Å². The van der Waals surface area contributed by atoms with Crippen molar-refractivity contribution in [3.05, 3.63) is 76.8 Å². The number of rotatable bonds is 5. The molecule has 1 atom stereocenters. The molecule has 0 saturated heterocycles. The third-order valence-corrected chi connectivity index (χ3v) is 6.21. The van der Waals surface area contributed by atoms with Gasteiger partial charge >= 0.3 is 0 Å². The molecule has 0 amide bonds. The van der Waals surface area contributed by atoms with Crippen LogP contribution in [0.5, 0.6) is 0 Å². The Morgan fingerprint density at radius 2 is 1.72 bits per heavy atom. The fourth-order valence-corrected chi connectivity index (χ4v) is 4.82. The van der Waals surface area contributed by atoms with Gasteiger partial charge in [0.1, 0.15) is 4.90 Å². The van der Waals surface area contributed by atoms with Crippen molar-refractivity contribution in [3.63, 3.8) is 0 Å². The summed E-state index contributed by atoms with van der Waals surface area (Å²) in [6.45, 7) is 1.76. The van der Waals surface area contributed by atoms with Crippen molar-refractivity contribution < 1.29 is 8.42 Å². The number of benzene rings is 2. The predicted molar refractivity (Wildman–Crippen MR) is 98.8 cm³/mol. The maximum Gasteiger partial charge on any atom is 0.244 e. The zero-order valence-corrected chi connectivity index (χ0v) is 15.6. The molecule has 1 unspecified atom stereocenters. The lowest BCUT2D eigenvalue weighted by molar-refractivity contribution is 0.567. The van der Waals surface area contributed by atoms with Gasteiger partial charge in [-0.1, -0.05) is 41.4 Å². The van der Waals surface area contributed by atoms with E-state index in [1.807, 2.05) is 35.0 Å². The van der Waals surface area contributed by atoms with E-state index in [9.17, 15) is 8.42 Å². The van der Waals surface area contributed by atoms with Crippen LogP contribution in [-0.4, -0.2) is 18.0 Å². The Kier molecular flexibility index (Phi) is 5.15. The quantitative estimate of drug-likeness (QED) is 0.703. The number of imidazole rings is 1. The third kappa shape index (κ3) is 3.88. The second-order valence-corrected chi connectivity index (χ2v) is 7.92. The normalized spacial score (nSPS) is 12.9. The molecule has 25 heavy (non-hydrogen) atoms. The van der Waals surface area contributed by atoms with Gasteiger partial charge in [0.2, 0.25) is 10.0 Å². The zero-order chi connectivity index (χ0) is 18.0. The summed E-state index contributed by atoms with van der Waals surface area (Å²) in [5.41, 5.74) is 1.75. The van der Waals surface area contributed by atoms with Gasteiger partial charge in [0.15, 0.2) is 0 Å². The lowest BCUT2D eigenvalue weighted by Gasteiger charge is -2.16. The van der Waals surface area contributed by atoms with Gasteiger partial charge in [-0.05, 0) is 36.8 Å². The van der Waals surface area contributed by atoms with E-state index >= 15 is 0 Å². The summed E-state index contributed by atoms with van der Waals surface area (Å²) in [6.07, 6.45) is 5.22. The maximum atomic E-state index is 12.6. The van der Waals surface area contributed by atoms with Crippen LogP contribution >= 0.6 is 23.2 Å². The average Bonchev–Trinajstić information content (AvgIpc) is 3.08. The van der Waals surface area contributed by atoms with Crippen molar-refractivity contribution in [1.29, 1.82) is 0 Å². The van der Waals surface area contributed by atoms with Gasteiger partial charge in [-0.2, -0.15) is 0 Å². The highest BCUT2D eigenvalue weighted by Gasteiger charge is 2.24. The van der Waals surface area contributed by atoms with E-state index in [0.29, 0.717) is 0 Å². The minimum atomic E-state index is -3.85. The van der Waals surface area contributed by atoms with Gasteiger partial charge in [-0.25, -0.2) is 18.1 Å². The van der Waals surface area contributed by atoms with E-state index in [4.69, 9.17) is 23.2 Å². The van der Waals surface area contributed by atoms with Gasteiger partial charge in [0.25, 0.3) is 0 Å². The van der Waals surface area contributed by atoms with Crippen LogP contribution in [-0.2, 0) is 10.0 Å².